The third-order valence-electron chi connectivity index (χ3n) is 4.03. The molecule has 1 fully saturated rings. The average Bonchev–Trinajstić information content (AvgIpc) is 2.75. The molecule has 118 valence electrons. The van der Waals surface area contributed by atoms with Crippen molar-refractivity contribution in [2.45, 2.75) is 52.1 Å². The van der Waals surface area contributed by atoms with E-state index in [1.807, 2.05) is 6.92 Å². The number of carbonyl (C=O) groups is 1. The van der Waals surface area contributed by atoms with Crippen LogP contribution in [0.4, 0.5) is 0 Å². The van der Waals surface area contributed by atoms with Gasteiger partial charge in [-0.2, -0.15) is 0 Å². The summed E-state index contributed by atoms with van der Waals surface area (Å²) in [6.45, 7) is 5.38. The second-order valence-corrected chi connectivity index (χ2v) is 7.53. The highest BCUT2D eigenvalue weighted by Crippen LogP contribution is 2.25. The number of amides is 1. The van der Waals surface area contributed by atoms with E-state index in [9.17, 15) is 4.79 Å². The summed E-state index contributed by atoms with van der Waals surface area (Å²) in [5.74, 6) is 0.674. The fraction of sp³-hybridized carbons (Fsp3) is 0.733. The molecule has 4 nitrogen and oxygen atoms in total. The van der Waals surface area contributed by atoms with Crippen LogP contribution in [0.5, 0.6) is 0 Å². The zero-order chi connectivity index (χ0) is 15.2. The topological polar surface area (TPSA) is 54.1 Å². The van der Waals surface area contributed by atoms with E-state index in [0.29, 0.717) is 31.6 Å². The Morgan fingerprint density at radius 2 is 2.24 bits per heavy atom. The molecular formula is C15H24N2O2S2. The monoisotopic (exact) mass is 328 g/mol. The van der Waals surface area contributed by atoms with Crippen LogP contribution in [0.25, 0.3) is 0 Å². The smallest absolute Gasteiger partial charge is 0.225 e. The predicted molar refractivity (Wildman–Crippen MR) is 88.3 cm³/mol. The Morgan fingerprint density at radius 3 is 2.90 bits per heavy atom. The Bertz CT molecular complexity index is 524. The summed E-state index contributed by atoms with van der Waals surface area (Å²) in [4.78, 5) is 16.0. The minimum Gasteiger partial charge on any atom is -0.376 e. The number of aromatic nitrogens is 1. The van der Waals surface area contributed by atoms with Gasteiger partial charge in [-0.15, -0.1) is 11.3 Å². The van der Waals surface area contributed by atoms with Crippen molar-refractivity contribution in [1.82, 2.24) is 10.3 Å². The summed E-state index contributed by atoms with van der Waals surface area (Å²) in [6.07, 6.45) is 5.75. The number of carbonyl (C=O) groups excluding carboxylic acids is 1. The van der Waals surface area contributed by atoms with Crippen molar-refractivity contribution in [2.24, 2.45) is 5.92 Å². The molecule has 0 bridgehead atoms. The molecule has 1 aromatic heterocycles. The highest BCUT2D eigenvalue weighted by molar-refractivity contribution is 7.73. The van der Waals surface area contributed by atoms with Gasteiger partial charge in [-0.3, -0.25) is 4.79 Å². The summed E-state index contributed by atoms with van der Waals surface area (Å²) in [5, 5.41) is 2.92. The summed E-state index contributed by atoms with van der Waals surface area (Å²) < 4.78 is 6.62. The lowest BCUT2D eigenvalue weighted by Crippen LogP contribution is -2.32. The normalized spacial score (nSPS) is 22.2. The van der Waals surface area contributed by atoms with Crippen LogP contribution in [0.2, 0.25) is 0 Å². The van der Waals surface area contributed by atoms with Crippen LogP contribution in [-0.2, 0) is 16.0 Å². The number of hydrogen-bond acceptors (Lipinski definition) is 4. The molecule has 21 heavy (non-hydrogen) atoms. The number of ether oxygens (including phenoxy) is 1. The molecule has 0 radical (unpaired) electrons. The van der Waals surface area contributed by atoms with Gasteiger partial charge in [0.15, 0.2) is 3.95 Å². The summed E-state index contributed by atoms with van der Waals surface area (Å²) in [7, 11) is 0. The van der Waals surface area contributed by atoms with Gasteiger partial charge in [0.2, 0.25) is 5.91 Å². The Morgan fingerprint density at radius 1 is 1.48 bits per heavy atom. The van der Waals surface area contributed by atoms with Crippen molar-refractivity contribution < 1.29 is 9.53 Å². The highest BCUT2D eigenvalue weighted by atomic mass is 32.1. The second-order valence-electron chi connectivity index (χ2n) is 5.76. The van der Waals surface area contributed by atoms with Gasteiger partial charge in [-0.05, 0) is 37.9 Å². The third-order valence-corrected chi connectivity index (χ3v) is 5.37. The first-order valence-corrected chi connectivity index (χ1v) is 8.85. The lowest BCUT2D eigenvalue weighted by atomic mass is 9.88. The maximum Gasteiger partial charge on any atom is 0.225 e. The Labute approximate surface area is 135 Å². The van der Waals surface area contributed by atoms with Gasteiger partial charge in [0.05, 0.1) is 19.1 Å². The molecule has 1 aliphatic rings. The number of thiazole rings is 1. The minimum atomic E-state index is 0.0312. The van der Waals surface area contributed by atoms with E-state index in [-0.39, 0.29) is 5.91 Å². The average molecular weight is 329 g/mol. The fourth-order valence-electron chi connectivity index (χ4n) is 2.74. The van der Waals surface area contributed by atoms with Gasteiger partial charge in [0.25, 0.3) is 0 Å². The van der Waals surface area contributed by atoms with Crippen molar-refractivity contribution in [3.8, 4) is 0 Å². The lowest BCUT2D eigenvalue weighted by molar-refractivity contribution is -0.120. The molecule has 0 unspecified atom stereocenters. The fourth-order valence-corrected chi connectivity index (χ4v) is 4.03. The lowest BCUT2D eigenvalue weighted by Gasteiger charge is -2.28. The molecule has 2 atom stereocenters. The quantitative estimate of drug-likeness (QED) is 0.622. The van der Waals surface area contributed by atoms with Gasteiger partial charge in [-0.25, -0.2) is 0 Å². The van der Waals surface area contributed by atoms with Crippen LogP contribution in [0.1, 0.15) is 43.2 Å². The van der Waals surface area contributed by atoms with E-state index in [1.165, 1.54) is 30.6 Å². The molecule has 1 heterocycles. The van der Waals surface area contributed by atoms with Gasteiger partial charge in [-0.1, -0.05) is 19.8 Å². The summed E-state index contributed by atoms with van der Waals surface area (Å²) >= 11 is 6.55. The van der Waals surface area contributed by atoms with Gasteiger partial charge in [0.1, 0.15) is 0 Å². The Balaban J connectivity index is 1.65. The van der Waals surface area contributed by atoms with E-state index in [4.69, 9.17) is 17.0 Å². The maximum absolute atomic E-state index is 11.9. The number of aryl methyl sites for hydroxylation is 1. The van der Waals surface area contributed by atoms with Crippen LogP contribution in [0, 0.1) is 16.8 Å². The van der Waals surface area contributed by atoms with Crippen LogP contribution in [-0.4, -0.2) is 30.1 Å². The molecule has 1 aromatic rings. The Hall–Kier alpha value is -0.720. The number of H-pyrrole nitrogens is 1. The molecule has 1 aliphatic carbocycles. The molecule has 2 rings (SSSR count). The predicted octanol–water partition coefficient (Wildman–Crippen LogP) is 3.37. The van der Waals surface area contributed by atoms with Gasteiger partial charge >= 0.3 is 0 Å². The van der Waals surface area contributed by atoms with Crippen LogP contribution in [0.3, 0.4) is 0 Å². The Kier molecular flexibility index (Phi) is 6.39. The van der Waals surface area contributed by atoms with Gasteiger partial charge in [0, 0.05) is 17.1 Å². The highest BCUT2D eigenvalue weighted by Gasteiger charge is 2.21. The van der Waals surface area contributed by atoms with E-state index < -0.39 is 0 Å². The standard InChI is InChI=1S/C15H24N2O2S2/c1-10-5-3-4-6-12(10)19-8-7-16-14(18)9-13-11(2)17-15(20)21-13/h10,12H,3-9H2,1-2H3,(H,16,18)(H,17,20)/t10-,12-/m0/s1. The van der Waals surface area contributed by atoms with Gasteiger partial charge < -0.3 is 15.0 Å². The van der Waals surface area contributed by atoms with Crippen molar-refractivity contribution >= 4 is 29.5 Å². The molecule has 0 aromatic carbocycles. The van der Waals surface area contributed by atoms with E-state index in [0.717, 1.165) is 20.9 Å². The van der Waals surface area contributed by atoms with E-state index >= 15 is 0 Å². The van der Waals surface area contributed by atoms with Crippen LogP contribution < -0.4 is 5.32 Å². The third kappa shape index (κ3) is 5.20. The molecule has 2 N–H and O–H groups in total. The number of aromatic amines is 1. The SMILES string of the molecule is Cc1[nH]c(=S)sc1CC(=O)NCCO[C@H]1CCCC[C@@H]1C. The minimum absolute atomic E-state index is 0.0312. The molecule has 0 aliphatic heterocycles. The number of hydrogen-bond donors (Lipinski definition) is 2. The zero-order valence-corrected chi connectivity index (χ0v) is 14.4. The molecule has 0 spiro atoms. The van der Waals surface area contributed by atoms with Crippen LogP contribution in [0.15, 0.2) is 0 Å². The second kappa shape index (κ2) is 8.06. The van der Waals surface area contributed by atoms with E-state index in [2.05, 4.69) is 17.2 Å². The largest absolute Gasteiger partial charge is 0.376 e. The molecular weight excluding hydrogens is 304 g/mol. The van der Waals surface area contributed by atoms with E-state index in [1.54, 1.807) is 0 Å². The number of rotatable bonds is 6. The molecule has 1 amide bonds. The first-order valence-electron chi connectivity index (χ1n) is 7.63. The number of nitrogens with one attached hydrogen (secondary N) is 2. The summed E-state index contributed by atoms with van der Waals surface area (Å²) in [6, 6.07) is 0. The molecule has 0 saturated heterocycles. The first kappa shape index (κ1) is 16.6. The van der Waals surface area contributed by atoms with Crippen molar-refractivity contribution in [3.05, 3.63) is 14.5 Å². The van der Waals surface area contributed by atoms with Crippen molar-refractivity contribution in [2.75, 3.05) is 13.2 Å². The first-order chi connectivity index (χ1) is 10.1. The van der Waals surface area contributed by atoms with Crippen molar-refractivity contribution in [3.63, 3.8) is 0 Å². The maximum atomic E-state index is 11.9. The molecule has 1 saturated carbocycles. The van der Waals surface area contributed by atoms with Crippen LogP contribution >= 0.6 is 23.6 Å². The van der Waals surface area contributed by atoms with Crippen molar-refractivity contribution in [1.29, 1.82) is 0 Å². The summed E-state index contributed by atoms with van der Waals surface area (Å²) in [5.41, 5.74) is 0.993. The molecule has 6 heteroatoms. The zero-order valence-electron chi connectivity index (χ0n) is 12.7.